The maximum absolute atomic E-state index is 14.4. The molecule has 2 fully saturated rings. The van der Waals surface area contributed by atoms with Gasteiger partial charge in [-0.1, -0.05) is 25.4 Å². The van der Waals surface area contributed by atoms with E-state index < -0.39 is 5.82 Å². The van der Waals surface area contributed by atoms with Gasteiger partial charge in [-0.25, -0.2) is 4.39 Å². The molecule has 1 amide bonds. The molecule has 1 unspecified atom stereocenters. The molecule has 216 valence electrons. The van der Waals surface area contributed by atoms with Crippen LogP contribution < -0.4 is 0 Å². The second kappa shape index (κ2) is 11.4. The molecule has 2 aliphatic rings. The number of hydrogen-bond acceptors (Lipinski definition) is 4. The van der Waals surface area contributed by atoms with E-state index in [9.17, 15) is 9.18 Å². The fourth-order valence-corrected chi connectivity index (χ4v) is 7.05. The standard InChI is InChI=1S/C32H43ClFN5O/c1-19(2)31(22-11-25(12-22)36(5)6)38-16-21(17-38)10-23-18-39(29-15-35-14-27(33)30(23)29)28-9-8-24(34)13-26(28)32(40)37(7)20(3)4/h8-9,13-15,18-22,25,31H,10-12,16-17H2,1-7H3/t22-,25+,31?. The minimum Gasteiger partial charge on any atom is -0.339 e. The fourth-order valence-electron chi connectivity index (χ4n) is 6.77. The highest BCUT2D eigenvalue weighted by atomic mass is 35.5. The summed E-state index contributed by atoms with van der Waals surface area (Å²) < 4.78 is 16.3. The number of hydrogen-bond donors (Lipinski definition) is 0. The first-order valence-corrected chi connectivity index (χ1v) is 14.9. The second-order valence-corrected chi connectivity index (χ2v) is 13.2. The van der Waals surface area contributed by atoms with Crippen LogP contribution in [0.4, 0.5) is 4.39 Å². The maximum atomic E-state index is 14.4. The van der Waals surface area contributed by atoms with Gasteiger partial charge in [0.1, 0.15) is 5.82 Å². The van der Waals surface area contributed by atoms with Crippen molar-refractivity contribution in [1.29, 1.82) is 0 Å². The van der Waals surface area contributed by atoms with E-state index in [4.69, 9.17) is 11.6 Å². The first kappa shape index (κ1) is 29.0. The molecular weight excluding hydrogens is 525 g/mol. The number of amides is 1. The van der Waals surface area contributed by atoms with Crippen molar-refractivity contribution >= 4 is 28.4 Å². The summed E-state index contributed by atoms with van der Waals surface area (Å²) in [4.78, 5) is 24.4. The molecule has 6 nitrogen and oxygen atoms in total. The van der Waals surface area contributed by atoms with Crippen molar-refractivity contribution in [2.75, 3.05) is 34.2 Å². The predicted octanol–water partition coefficient (Wildman–Crippen LogP) is 6.14. The van der Waals surface area contributed by atoms with Crippen LogP contribution in [0.25, 0.3) is 16.6 Å². The number of pyridine rings is 1. The number of nitrogens with zero attached hydrogens (tertiary/aromatic N) is 5. The lowest BCUT2D eigenvalue weighted by atomic mass is 9.70. The monoisotopic (exact) mass is 567 g/mol. The fraction of sp³-hybridized carbons (Fsp3) is 0.562. The zero-order chi connectivity index (χ0) is 28.9. The summed E-state index contributed by atoms with van der Waals surface area (Å²) in [6.45, 7) is 10.8. The lowest BCUT2D eigenvalue weighted by Crippen LogP contribution is -2.60. The van der Waals surface area contributed by atoms with Gasteiger partial charge >= 0.3 is 0 Å². The van der Waals surface area contributed by atoms with Crippen molar-refractivity contribution < 1.29 is 9.18 Å². The molecule has 1 saturated heterocycles. The summed E-state index contributed by atoms with van der Waals surface area (Å²) in [6.07, 6.45) is 9.02. The molecular formula is C32H43ClFN5O. The smallest absolute Gasteiger partial charge is 0.256 e. The summed E-state index contributed by atoms with van der Waals surface area (Å²) in [7, 11) is 6.13. The quantitative estimate of drug-likeness (QED) is 0.312. The summed E-state index contributed by atoms with van der Waals surface area (Å²) >= 11 is 6.73. The van der Waals surface area contributed by atoms with Crippen molar-refractivity contribution in [3.8, 4) is 5.69 Å². The number of benzene rings is 1. The molecule has 0 spiro atoms. The number of halogens is 2. The second-order valence-electron chi connectivity index (χ2n) is 12.8. The van der Waals surface area contributed by atoms with Crippen LogP contribution in [0.3, 0.4) is 0 Å². The largest absolute Gasteiger partial charge is 0.339 e. The number of carbonyl (C=O) groups is 1. The van der Waals surface area contributed by atoms with Gasteiger partial charge in [-0.2, -0.15) is 0 Å². The Morgan fingerprint density at radius 3 is 2.45 bits per heavy atom. The average Bonchev–Trinajstić information content (AvgIpc) is 3.21. The Labute approximate surface area is 243 Å². The van der Waals surface area contributed by atoms with Crippen molar-refractivity contribution in [3.05, 3.63) is 58.8 Å². The molecule has 1 aliphatic carbocycles. The van der Waals surface area contributed by atoms with E-state index in [1.54, 1.807) is 30.4 Å². The van der Waals surface area contributed by atoms with Crippen LogP contribution in [0.15, 0.2) is 36.8 Å². The number of rotatable bonds is 9. The first-order chi connectivity index (χ1) is 19.0. The molecule has 3 aromatic rings. The third kappa shape index (κ3) is 5.40. The lowest BCUT2D eigenvalue weighted by molar-refractivity contribution is -0.0386. The van der Waals surface area contributed by atoms with E-state index in [1.165, 1.54) is 25.0 Å². The van der Waals surface area contributed by atoms with Crippen molar-refractivity contribution in [2.24, 2.45) is 17.8 Å². The van der Waals surface area contributed by atoms with Gasteiger partial charge in [0.25, 0.3) is 5.91 Å². The molecule has 2 aromatic heterocycles. The molecule has 8 heteroatoms. The summed E-state index contributed by atoms with van der Waals surface area (Å²) in [5.41, 5.74) is 2.93. The van der Waals surface area contributed by atoms with Gasteiger partial charge in [0.15, 0.2) is 0 Å². The molecule has 1 saturated carbocycles. The number of likely N-dealkylation sites (tertiary alicyclic amines) is 1. The number of carbonyl (C=O) groups excluding carboxylic acids is 1. The Kier molecular flexibility index (Phi) is 8.29. The first-order valence-electron chi connectivity index (χ1n) is 14.6. The zero-order valence-corrected chi connectivity index (χ0v) is 25.6. The minimum absolute atomic E-state index is 0.0124. The van der Waals surface area contributed by atoms with E-state index in [2.05, 4.69) is 48.9 Å². The van der Waals surface area contributed by atoms with Crippen LogP contribution in [0.5, 0.6) is 0 Å². The van der Waals surface area contributed by atoms with E-state index in [-0.39, 0.29) is 11.9 Å². The van der Waals surface area contributed by atoms with Crippen LogP contribution in [0, 0.1) is 23.6 Å². The summed E-state index contributed by atoms with van der Waals surface area (Å²) in [6, 6.07) is 5.75. The highest BCUT2D eigenvalue weighted by Crippen LogP contribution is 2.41. The van der Waals surface area contributed by atoms with Crippen LogP contribution in [-0.4, -0.2) is 82.5 Å². The summed E-state index contributed by atoms with van der Waals surface area (Å²) in [5.74, 6) is 1.29. The van der Waals surface area contributed by atoms with E-state index in [0.29, 0.717) is 40.2 Å². The SMILES string of the molecule is CC(C)C([C@H]1C[C@@H](N(C)C)C1)N1CC(Cc2cn(-c3ccc(F)cc3C(=O)N(C)C(C)C)c3cncc(Cl)c23)C1. The van der Waals surface area contributed by atoms with Gasteiger partial charge in [0.05, 0.1) is 28.0 Å². The molecule has 5 rings (SSSR count). The van der Waals surface area contributed by atoms with Gasteiger partial charge in [0.2, 0.25) is 0 Å². The topological polar surface area (TPSA) is 44.6 Å². The predicted molar refractivity (Wildman–Crippen MR) is 161 cm³/mol. The van der Waals surface area contributed by atoms with Crippen LogP contribution in [-0.2, 0) is 6.42 Å². The molecule has 40 heavy (non-hydrogen) atoms. The molecule has 3 heterocycles. The highest BCUT2D eigenvalue weighted by molar-refractivity contribution is 6.35. The Balaban J connectivity index is 1.41. The maximum Gasteiger partial charge on any atom is 0.256 e. The van der Waals surface area contributed by atoms with Crippen LogP contribution in [0.1, 0.15) is 56.5 Å². The van der Waals surface area contributed by atoms with Gasteiger partial charge in [-0.15, -0.1) is 0 Å². The van der Waals surface area contributed by atoms with Gasteiger partial charge < -0.3 is 14.4 Å². The zero-order valence-electron chi connectivity index (χ0n) is 24.9. The van der Waals surface area contributed by atoms with Crippen molar-refractivity contribution in [3.63, 3.8) is 0 Å². The lowest BCUT2D eigenvalue weighted by Gasteiger charge is -2.53. The van der Waals surface area contributed by atoms with Gasteiger partial charge in [-0.05, 0) is 88.7 Å². The van der Waals surface area contributed by atoms with E-state index >= 15 is 0 Å². The Hall–Kier alpha value is -2.48. The molecule has 1 aromatic carbocycles. The molecule has 1 aliphatic heterocycles. The highest BCUT2D eigenvalue weighted by Gasteiger charge is 2.43. The third-order valence-electron chi connectivity index (χ3n) is 9.25. The van der Waals surface area contributed by atoms with Crippen molar-refractivity contribution in [2.45, 2.75) is 65.1 Å². The average molecular weight is 568 g/mol. The Morgan fingerprint density at radius 1 is 1.12 bits per heavy atom. The van der Waals surface area contributed by atoms with Crippen LogP contribution >= 0.6 is 11.6 Å². The van der Waals surface area contributed by atoms with E-state index in [1.807, 2.05) is 18.4 Å². The molecule has 0 radical (unpaired) electrons. The van der Waals surface area contributed by atoms with Crippen molar-refractivity contribution in [1.82, 2.24) is 24.3 Å². The summed E-state index contributed by atoms with van der Waals surface area (Å²) in [5, 5.41) is 1.56. The molecule has 0 bridgehead atoms. The molecule has 0 N–H and O–H groups in total. The Morgan fingerprint density at radius 2 is 1.82 bits per heavy atom. The van der Waals surface area contributed by atoms with Crippen LogP contribution in [0.2, 0.25) is 5.02 Å². The van der Waals surface area contributed by atoms with Gasteiger partial charge in [-0.3, -0.25) is 14.7 Å². The number of aromatic nitrogens is 2. The van der Waals surface area contributed by atoms with Gasteiger partial charge in [0, 0.05) is 56.0 Å². The normalized spacial score (nSPS) is 20.8. The Bertz CT molecular complexity index is 1370. The number of fused-ring (bicyclic) bond motifs is 1. The third-order valence-corrected chi connectivity index (χ3v) is 9.54. The molecule has 1 atom stereocenters. The minimum atomic E-state index is -0.435. The van der Waals surface area contributed by atoms with E-state index in [0.717, 1.165) is 41.9 Å².